The van der Waals surface area contributed by atoms with Gasteiger partial charge in [0.1, 0.15) is 0 Å². The van der Waals surface area contributed by atoms with Crippen molar-refractivity contribution in [3.05, 3.63) is 86.1 Å². The molecule has 1 saturated heterocycles. The highest BCUT2D eigenvalue weighted by Gasteiger charge is 2.50. The quantitative estimate of drug-likeness (QED) is 0.0326. The third-order valence-corrected chi connectivity index (χ3v) is 10.0. The van der Waals surface area contributed by atoms with Crippen LogP contribution in [0.4, 0.5) is 0 Å². The van der Waals surface area contributed by atoms with Crippen molar-refractivity contribution < 1.29 is 108 Å². The van der Waals surface area contributed by atoms with Gasteiger partial charge in [-0.15, -0.1) is 0 Å². The number of carbonyl (C=O) groups is 3. The first-order valence-corrected chi connectivity index (χ1v) is 18.2. The largest absolute Gasteiger partial charge is 0.504 e. The Morgan fingerprint density at radius 3 is 1.42 bits per heavy atom. The first-order valence-electron chi connectivity index (χ1n) is 18.2. The summed E-state index contributed by atoms with van der Waals surface area (Å²) in [6.45, 7) is -0.916. The van der Waals surface area contributed by atoms with Crippen molar-refractivity contribution >= 4 is 50.6 Å². The van der Waals surface area contributed by atoms with Gasteiger partial charge in [-0.05, 0) is 48.5 Å². The van der Waals surface area contributed by atoms with Gasteiger partial charge >= 0.3 is 29.2 Å². The van der Waals surface area contributed by atoms with E-state index in [1.807, 2.05) is 0 Å². The number of phenolic OH excluding ortho intramolecular Hbond substituents is 11. The van der Waals surface area contributed by atoms with Crippen molar-refractivity contribution in [3.63, 3.8) is 0 Å². The molecule has 1 aliphatic heterocycles. The van der Waals surface area contributed by atoms with Crippen molar-refractivity contribution in [1.82, 2.24) is 0 Å². The third-order valence-electron chi connectivity index (χ3n) is 10.0. The number of phenols is 11. The Morgan fingerprint density at radius 2 is 0.938 bits per heavy atom. The molecule has 336 valence electrons. The molecular formula is C41H28O24. The number of aromatic hydroxyl groups is 11. The van der Waals surface area contributed by atoms with Gasteiger partial charge in [0.2, 0.25) is 23.9 Å². The lowest BCUT2D eigenvalue weighted by Gasteiger charge is -2.40. The van der Waals surface area contributed by atoms with Crippen LogP contribution in [0.1, 0.15) is 31.1 Å². The summed E-state index contributed by atoms with van der Waals surface area (Å²) in [6, 6.07) is 5.70. The van der Waals surface area contributed by atoms with Crippen LogP contribution in [0.5, 0.6) is 74.7 Å². The number of hydrogen-bond acceptors (Lipinski definition) is 24. The Hall–Kier alpha value is -9.19. The smallest absolute Gasteiger partial charge is 0.344 e. The van der Waals surface area contributed by atoms with E-state index in [1.165, 1.54) is 0 Å². The minimum Gasteiger partial charge on any atom is -0.504 e. The first-order chi connectivity index (χ1) is 30.8. The van der Waals surface area contributed by atoms with Crippen molar-refractivity contribution in [3.8, 4) is 74.7 Å². The van der Waals surface area contributed by atoms with Gasteiger partial charge in [0.15, 0.2) is 86.6 Å². The van der Waals surface area contributed by atoms with Gasteiger partial charge in [-0.25, -0.2) is 24.0 Å². The Morgan fingerprint density at radius 1 is 0.523 bits per heavy atom. The van der Waals surface area contributed by atoms with Crippen LogP contribution in [0.2, 0.25) is 0 Å². The summed E-state index contributed by atoms with van der Waals surface area (Å²) < 4.78 is 44.4. The third kappa shape index (κ3) is 7.19. The predicted molar refractivity (Wildman–Crippen MR) is 209 cm³/mol. The van der Waals surface area contributed by atoms with E-state index in [0.29, 0.717) is 36.4 Å². The molecule has 0 saturated carbocycles. The molecule has 0 radical (unpaired) electrons. The zero-order chi connectivity index (χ0) is 46.9. The normalized spacial score (nSPS) is 17.2. The lowest BCUT2D eigenvalue weighted by atomic mass is 10.0. The molecule has 65 heavy (non-hydrogen) atoms. The summed E-state index contributed by atoms with van der Waals surface area (Å²) in [5.41, 5.74) is -5.44. The Bertz CT molecular complexity index is 3190. The number of benzene rings is 5. The summed E-state index contributed by atoms with van der Waals surface area (Å²) in [7, 11) is 1.13. The molecule has 3 heterocycles. The van der Waals surface area contributed by atoms with Crippen LogP contribution in [-0.4, -0.2) is 112 Å². The van der Waals surface area contributed by atoms with Gasteiger partial charge in [-0.1, -0.05) is 0 Å². The topological polar surface area (TPSA) is 390 Å². The average Bonchev–Trinajstić information content (AvgIpc) is 3.25. The SMILES string of the molecule is COc1c(O)cc2c(=O)oc3c(O)c(O[C@H]4OC[C@H](OC(=O)c5cc(O)c(O)c(O)c5)[C@@H](OC(=O)c5cc(O)c(O)c(O)c5)[C@H]4OC(=O)c4cc(O)c(O)c(O)c4)cc4c(=O)oc1c2c34. The maximum atomic E-state index is 13.8. The number of esters is 3. The molecular weight excluding hydrogens is 876 g/mol. The molecule has 5 aromatic carbocycles. The maximum absolute atomic E-state index is 13.8. The second-order valence-corrected chi connectivity index (χ2v) is 14.0. The van der Waals surface area contributed by atoms with Gasteiger partial charge < -0.3 is 93.4 Å². The molecule has 4 atom stereocenters. The lowest BCUT2D eigenvalue weighted by molar-refractivity contribution is -0.241. The van der Waals surface area contributed by atoms with Crippen LogP contribution in [0, 0.1) is 0 Å². The molecule has 24 nitrogen and oxygen atoms in total. The maximum Gasteiger partial charge on any atom is 0.344 e. The van der Waals surface area contributed by atoms with E-state index in [9.17, 15) is 80.1 Å². The van der Waals surface area contributed by atoms with E-state index < -0.39 is 163 Å². The Balaban J connectivity index is 1.27. The highest BCUT2D eigenvalue weighted by Crippen LogP contribution is 2.46. The van der Waals surface area contributed by atoms with Gasteiger partial charge in [0, 0.05) is 10.8 Å². The van der Waals surface area contributed by atoms with E-state index in [0.717, 1.165) is 19.2 Å². The molecule has 8 rings (SSSR count). The average molecular weight is 905 g/mol. The van der Waals surface area contributed by atoms with Crippen LogP contribution in [0.3, 0.4) is 0 Å². The fourth-order valence-electron chi connectivity index (χ4n) is 6.94. The number of carbonyl (C=O) groups excluding carboxylic acids is 3. The summed E-state index contributed by atoms with van der Waals surface area (Å²) >= 11 is 0. The fraction of sp³-hybridized carbons (Fsp3) is 0.146. The standard InChI is InChI=1S/C41H28O24/c1-58-31-22(48)8-14-26-25-15(40(57)64-34(26)31)9-23(30(52)33(25)63-39(14)56)61-41-35(65-38(55)13-6-20(46)29(51)21(47)7-13)32(62-37(54)12-4-18(44)28(50)19(45)5-12)24(10-59-41)60-36(53)11-2-16(42)27(49)17(43)3-11/h2-9,24,32,35,41-52H,10H2,1H3/t24-,32+,35+,41+/m0/s1. The van der Waals surface area contributed by atoms with Crippen molar-refractivity contribution in [2.45, 2.75) is 24.6 Å². The van der Waals surface area contributed by atoms with Gasteiger partial charge in [0.05, 0.1) is 41.2 Å². The van der Waals surface area contributed by atoms with Crippen LogP contribution in [0.25, 0.3) is 32.7 Å². The molecule has 0 spiro atoms. The van der Waals surface area contributed by atoms with Crippen molar-refractivity contribution in [2.24, 2.45) is 0 Å². The van der Waals surface area contributed by atoms with Gasteiger partial charge in [-0.3, -0.25) is 0 Å². The van der Waals surface area contributed by atoms with Crippen LogP contribution < -0.4 is 20.7 Å². The lowest BCUT2D eigenvalue weighted by Crippen LogP contribution is -2.59. The number of hydrogen-bond donors (Lipinski definition) is 11. The van der Waals surface area contributed by atoms with Gasteiger partial charge in [0.25, 0.3) is 0 Å². The van der Waals surface area contributed by atoms with E-state index in [1.54, 1.807) is 0 Å². The number of rotatable bonds is 9. The Kier molecular flexibility index (Phi) is 10.2. The molecule has 0 amide bonds. The molecule has 0 aliphatic carbocycles. The second kappa shape index (κ2) is 15.6. The summed E-state index contributed by atoms with van der Waals surface area (Å²) in [5.74, 6) is -16.4. The summed E-state index contributed by atoms with van der Waals surface area (Å²) in [5, 5.41) is 111. The number of ether oxygens (including phenoxy) is 6. The first kappa shape index (κ1) is 42.5. The highest BCUT2D eigenvalue weighted by atomic mass is 16.7. The minimum atomic E-state index is -2.28. The van der Waals surface area contributed by atoms with Crippen LogP contribution in [0.15, 0.2) is 67.0 Å². The van der Waals surface area contributed by atoms with Gasteiger partial charge in [-0.2, -0.15) is 0 Å². The van der Waals surface area contributed by atoms with Crippen LogP contribution >= 0.6 is 0 Å². The summed E-state index contributed by atoms with van der Waals surface area (Å²) in [6.07, 6.45) is -8.60. The Labute approximate surface area is 357 Å². The zero-order valence-corrected chi connectivity index (χ0v) is 32.4. The predicted octanol–water partition coefficient (Wildman–Crippen LogP) is 2.67. The van der Waals surface area contributed by atoms with E-state index in [-0.39, 0.29) is 21.9 Å². The number of methoxy groups -OCH3 is 1. The second-order valence-electron chi connectivity index (χ2n) is 14.0. The molecule has 24 heteroatoms. The molecule has 1 fully saturated rings. The van der Waals surface area contributed by atoms with E-state index in [2.05, 4.69) is 0 Å². The molecule has 2 aromatic heterocycles. The fourth-order valence-corrected chi connectivity index (χ4v) is 6.94. The molecule has 0 bridgehead atoms. The van der Waals surface area contributed by atoms with Crippen molar-refractivity contribution in [2.75, 3.05) is 13.7 Å². The molecule has 0 unspecified atom stereocenters. The molecule has 11 N–H and O–H groups in total. The van der Waals surface area contributed by atoms with Crippen molar-refractivity contribution in [1.29, 1.82) is 0 Å². The van der Waals surface area contributed by atoms with E-state index >= 15 is 0 Å². The minimum absolute atomic E-state index is 0.137. The zero-order valence-electron chi connectivity index (χ0n) is 32.4. The van der Waals surface area contributed by atoms with E-state index in [4.69, 9.17) is 37.3 Å². The highest BCUT2D eigenvalue weighted by molar-refractivity contribution is 6.22. The monoisotopic (exact) mass is 904 g/mol. The van der Waals surface area contributed by atoms with Crippen LogP contribution in [-0.2, 0) is 18.9 Å². The molecule has 7 aromatic rings. The molecule has 1 aliphatic rings. The summed E-state index contributed by atoms with van der Waals surface area (Å²) in [4.78, 5) is 67.7.